The molecule has 0 spiro atoms. The average molecular weight is 485 g/mol. The second kappa shape index (κ2) is 10.2. The number of nitrogens with zero attached hydrogens (tertiary/aromatic N) is 2. The van der Waals surface area contributed by atoms with Crippen molar-refractivity contribution in [1.82, 2.24) is 20.6 Å². The summed E-state index contributed by atoms with van der Waals surface area (Å²) in [6, 6.07) is 11.2. The van der Waals surface area contributed by atoms with Gasteiger partial charge in [-0.2, -0.15) is 0 Å². The predicted octanol–water partition coefficient (Wildman–Crippen LogP) is 3.76. The second-order valence-electron chi connectivity index (χ2n) is 5.81. The molecule has 3 aromatic rings. The Morgan fingerprint density at radius 2 is 1.96 bits per heavy atom. The van der Waals surface area contributed by atoms with E-state index in [4.69, 9.17) is 0 Å². The van der Waals surface area contributed by atoms with Gasteiger partial charge in [0.05, 0.1) is 17.6 Å². The van der Waals surface area contributed by atoms with Crippen LogP contribution in [0.4, 0.5) is 8.78 Å². The summed E-state index contributed by atoms with van der Waals surface area (Å²) in [6.07, 6.45) is 0.688. The molecule has 0 aliphatic heterocycles. The normalized spacial score (nSPS) is 11.3. The summed E-state index contributed by atoms with van der Waals surface area (Å²) in [4.78, 5) is 12.1. The van der Waals surface area contributed by atoms with Gasteiger partial charge in [0.25, 0.3) is 0 Å². The molecule has 2 aromatic carbocycles. The Labute approximate surface area is 173 Å². The Bertz CT molecular complexity index is 877. The Morgan fingerprint density at radius 1 is 1.15 bits per heavy atom. The number of H-pyrrole nitrogens is 1. The summed E-state index contributed by atoms with van der Waals surface area (Å²) in [7, 11) is 0. The fourth-order valence-electron chi connectivity index (χ4n) is 2.59. The number of fused-ring (bicyclic) bond motifs is 1. The van der Waals surface area contributed by atoms with Crippen LogP contribution in [0.3, 0.4) is 0 Å². The maximum Gasteiger partial charge on any atom is 0.191 e. The predicted molar refractivity (Wildman–Crippen MR) is 114 cm³/mol. The van der Waals surface area contributed by atoms with Crippen LogP contribution in [0.1, 0.15) is 18.3 Å². The summed E-state index contributed by atoms with van der Waals surface area (Å²) in [5.74, 6) is 0.491. The highest BCUT2D eigenvalue weighted by Crippen LogP contribution is 2.11. The minimum absolute atomic E-state index is 0. The molecule has 144 valence electrons. The summed E-state index contributed by atoms with van der Waals surface area (Å²) in [5.41, 5.74) is 2.16. The van der Waals surface area contributed by atoms with Gasteiger partial charge in [-0.05, 0) is 37.3 Å². The number of hydrogen-bond acceptors (Lipinski definition) is 2. The van der Waals surface area contributed by atoms with Crippen molar-refractivity contribution >= 4 is 41.0 Å². The zero-order chi connectivity index (χ0) is 18.4. The zero-order valence-electron chi connectivity index (χ0n) is 14.9. The number of rotatable bonds is 6. The molecule has 5 nitrogen and oxygen atoms in total. The van der Waals surface area contributed by atoms with Gasteiger partial charge in [-0.25, -0.2) is 18.8 Å². The number of imidazole rings is 1. The highest BCUT2D eigenvalue weighted by Gasteiger charge is 2.05. The van der Waals surface area contributed by atoms with Crippen LogP contribution < -0.4 is 10.6 Å². The van der Waals surface area contributed by atoms with E-state index in [1.165, 1.54) is 0 Å². The Morgan fingerprint density at radius 3 is 2.74 bits per heavy atom. The molecule has 0 atom stereocenters. The third kappa shape index (κ3) is 5.88. The van der Waals surface area contributed by atoms with Gasteiger partial charge in [-0.15, -0.1) is 24.0 Å². The lowest BCUT2D eigenvalue weighted by Gasteiger charge is -2.11. The standard InChI is InChI=1S/C19H21F2N5.HI/c1-2-22-19(24-12-13-11-14(20)7-8-15(13)21)23-10-9-18-25-16-5-3-4-6-17(16)26-18;/h3-8,11H,2,9-10,12H2,1H3,(H,25,26)(H2,22,23,24);1H. The van der Waals surface area contributed by atoms with Crippen molar-refractivity contribution < 1.29 is 8.78 Å². The maximum absolute atomic E-state index is 13.7. The first-order valence-electron chi connectivity index (χ1n) is 8.55. The molecule has 1 heterocycles. The molecule has 0 amide bonds. The summed E-state index contributed by atoms with van der Waals surface area (Å²) >= 11 is 0. The number of aromatic nitrogens is 2. The first kappa shape index (κ1) is 21.1. The number of aliphatic imine (C=N–C) groups is 1. The van der Waals surface area contributed by atoms with Crippen LogP contribution in [0.5, 0.6) is 0 Å². The van der Waals surface area contributed by atoms with Crippen LogP contribution >= 0.6 is 24.0 Å². The summed E-state index contributed by atoms with van der Waals surface area (Å²) < 4.78 is 26.9. The molecule has 1 aromatic heterocycles. The van der Waals surface area contributed by atoms with E-state index in [1.54, 1.807) is 0 Å². The first-order valence-corrected chi connectivity index (χ1v) is 8.55. The van der Waals surface area contributed by atoms with Crippen molar-refractivity contribution in [2.75, 3.05) is 13.1 Å². The fourth-order valence-corrected chi connectivity index (χ4v) is 2.59. The van der Waals surface area contributed by atoms with Crippen LogP contribution in [0.15, 0.2) is 47.5 Å². The van der Waals surface area contributed by atoms with Crippen LogP contribution in [-0.2, 0) is 13.0 Å². The average Bonchev–Trinajstić information content (AvgIpc) is 3.05. The minimum Gasteiger partial charge on any atom is -0.357 e. The Kier molecular flexibility index (Phi) is 7.96. The van der Waals surface area contributed by atoms with Crippen molar-refractivity contribution in [2.45, 2.75) is 19.9 Å². The number of benzene rings is 2. The molecule has 27 heavy (non-hydrogen) atoms. The van der Waals surface area contributed by atoms with Gasteiger partial charge < -0.3 is 15.6 Å². The molecule has 8 heteroatoms. The van der Waals surface area contributed by atoms with Crippen molar-refractivity contribution in [3.05, 3.63) is 65.5 Å². The number of hydrogen-bond donors (Lipinski definition) is 3. The maximum atomic E-state index is 13.7. The Balaban J connectivity index is 0.00000261. The van der Waals surface area contributed by atoms with E-state index >= 15 is 0 Å². The van der Waals surface area contributed by atoms with E-state index in [0.29, 0.717) is 25.5 Å². The summed E-state index contributed by atoms with van der Waals surface area (Å²) in [6.45, 7) is 3.28. The lowest BCUT2D eigenvalue weighted by atomic mass is 10.2. The molecular formula is C19H22F2IN5. The number of aromatic amines is 1. The molecule has 3 rings (SSSR count). The van der Waals surface area contributed by atoms with Gasteiger partial charge in [0.2, 0.25) is 0 Å². The topological polar surface area (TPSA) is 65.1 Å². The highest BCUT2D eigenvalue weighted by atomic mass is 127. The van der Waals surface area contributed by atoms with Gasteiger partial charge in [-0.1, -0.05) is 12.1 Å². The van der Waals surface area contributed by atoms with Crippen LogP contribution in [0.2, 0.25) is 0 Å². The minimum atomic E-state index is -0.473. The molecule has 0 aliphatic carbocycles. The summed E-state index contributed by atoms with van der Waals surface area (Å²) in [5, 5.41) is 6.27. The van der Waals surface area contributed by atoms with E-state index in [9.17, 15) is 8.78 Å². The largest absolute Gasteiger partial charge is 0.357 e. The van der Waals surface area contributed by atoms with Crippen molar-refractivity contribution in [3.63, 3.8) is 0 Å². The molecule has 0 fully saturated rings. The fraction of sp³-hybridized carbons (Fsp3) is 0.263. The van der Waals surface area contributed by atoms with Gasteiger partial charge in [0, 0.05) is 25.1 Å². The number of para-hydroxylation sites is 2. The number of nitrogens with one attached hydrogen (secondary N) is 3. The van der Waals surface area contributed by atoms with E-state index in [-0.39, 0.29) is 36.1 Å². The molecule has 0 saturated heterocycles. The van der Waals surface area contributed by atoms with Crippen LogP contribution in [0, 0.1) is 11.6 Å². The van der Waals surface area contributed by atoms with E-state index in [2.05, 4.69) is 25.6 Å². The SMILES string of the molecule is CCNC(=NCc1cc(F)ccc1F)NCCc1nc2ccccc2[nH]1.I. The van der Waals surface area contributed by atoms with Gasteiger partial charge >= 0.3 is 0 Å². The first-order chi connectivity index (χ1) is 12.7. The van der Waals surface area contributed by atoms with E-state index in [0.717, 1.165) is 35.1 Å². The molecule has 0 bridgehead atoms. The van der Waals surface area contributed by atoms with Crippen molar-refractivity contribution in [2.24, 2.45) is 4.99 Å². The highest BCUT2D eigenvalue weighted by molar-refractivity contribution is 14.0. The van der Waals surface area contributed by atoms with Gasteiger partial charge in [0.15, 0.2) is 5.96 Å². The number of guanidine groups is 1. The number of halogens is 3. The third-order valence-electron chi connectivity index (χ3n) is 3.85. The molecular weight excluding hydrogens is 463 g/mol. The van der Waals surface area contributed by atoms with Crippen LogP contribution in [0.25, 0.3) is 11.0 Å². The second-order valence-corrected chi connectivity index (χ2v) is 5.81. The van der Waals surface area contributed by atoms with Gasteiger partial charge in [0.1, 0.15) is 17.5 Å². The van der Waals surface area contributed by atoms with E-state index in [1.807, 2.05) is 31.2 Å². The van der Waals surface area contributed by atoms with Crippen LogP contribution in [-0.4, -0.2) is 29.0 Å². The molecule has 0 aliphatic rings. The third-order valence-corrected chi connectivity index (χ3v) is 3.85. The molecule has 0 radical (unpaired) electrons. The molecule has 0 saturated carbocycles. The quantitative estimate of drug-likeness (QED) is 0.283. The zero-order valence-corrected chi connectivity index (χ0v) is 17.3. The molecule has 3 N–H and O–H groups in total. The van der Waals surface area contributed by atoms with Gasteiger partial charge in [-0.3, -0.25) is 0 Å². The van der Waals surface area contributed by atoms with Crippen molar-refractivity contribution in [3.8, 4) is 0 Å². The Hall–Kier alpha value is -2.23. The van der Waals surface area contributed by atoms with Crippen molar-refractivity contribution in [1.29, 1.82) is 0 Å². The monoisotopic (exact) mass is 485 g/mol. The van der Waals surface area contributed by atoms with E-state index < -0.39 is 11.6 Å². The lowest BCUT2D eigenvalue weighted by Crippen LogP contribution is -2.38. The lowest BCUT2D eigenvalue weighted by molar-refractivity contribution is 0.585. The molecule has 0 unspecified atom stereocenters. The smallest absolute Gasteiger partial charge is 0.191 e.